The lowest BCUT2D eigenvalue weighted by Crippen LogP contribution is -2.43. The number of nitrogens with zero attached hydrogens (tertiary/aromatic N) is 1. The maximum Gasteiger partial charge on any atom is 0.415 e. The van der Waals surface area contributed by atoms with E-state index < -0.39 is 6.09 Å². The molecule has 0 saturated carbocycles. The van der Waals surface area contributed by atoms with Gasteiger partial charge in [-0.15, -0.1) is 0 Å². The fourth-order valence-electron chi connectivity index (χ4n) is 3.81. The molecule has 0 aliphatic carbocycles. The van der Waals surface area contributed by atoms with Crippen LogP contribution in [-0.2, 0) is 4.74 Å². The highest BCUT2D eigenvalue weighted by atomic mass is 16.6. The number of rotatable bonds is 11. The van der Waals surface area contributed by atoms with Crippen LogP contribution < -0.4 is 14.8 Å². The molecule has 2 amide bonds. The molecule has 7 heteroatoms. The fourth-order valence-corrected chi connectivity index (χ4v) is 3.81. The average molecular weight is 469 g/mol. The molecule has 1 aliphatic rings. The zero-order chi connectivity index (χ0) is 24.0. The Labute approximate surface area is 202 Å². The highest BCUT2D eigenvalue weighted by Crippen LogP contribution is 2.24. The van der Waals surface area contributed by atoms with Gasteiger partial charge in [-0.1, -0.05) is 57.2 Å². The Kier molecular flexibility index (Phi) is 10.6. The van der Waals surface area contributed by atoms with Crippen molar-refractivity contribution >= 4 is 12.2 Å². The number of amides is 2. The predicted molar refractivity (Wildman–Crippen MR) is 131 cm³/mol. The first-order chi connectivity index (χ1) is 16.6. The molecule has 34 heavy (non-hydrogen) atoms. The van der Waals surface area contributed by atoms with E-state index in [0.29, 0.717) is 44.0 Å². The van der Waals surface area contributed by atoms with Crippen molar-refractivity contribution in [1.82, 2.24) is 10.2 Å². The Balaban J connectivity index is 1.31. The second-order valence-electron chi connectivity index (χ2n) is 8.54. The molecule has 7 nitrogen and oxygen atoms in total. The molecule has 1 heterocycles. The third-order valence-corrected chi connectivity index (χ3v) is 5.78. The van der Waals surface area contributed by atoms with Crippen molar-refractivity contribution in [2.24, 2.45) is 0 Å². The Bertz CT molecular complexity index is 864. The number of likely N-dealkylation sites (tertiary alicyclic amines) is 1. The number of hydrogen-bond donors (Lipinski definition) is 1. The van der Waals surface area contributed by atoms with Crippen LogP contribution in [0, 0.1) is 0 Å². The third kappa shape index (κ3) is 8.96. The van der Waals surface area contributed by atoms with Gasteiger partial charge in [0.05, 0.1) is 0 Å². The van der Waals surface area contributed by atoms with Crippen LogP contribution >= 0.6 is 0 Å². The minimum atomic E-state index is -0.400. The number of hydrogen-bond acceptors (Lipinski definition) is 5. The van der Waals surface area contributed by atoms with Crippen LogP contribution in [0.5, 0.6) is 17.2 Å². The van der Waals surface area contributed by atoms with Crippen LogP contribution in [0.2, 0.25) is 0 Å². The molecule has 1 fully saturated rings. The molecule has 0 unspecified atom stereocenters. The summed E-state index contributed by atoms with van der Waals surface area (Å²) < 4.78 is 16.7. The van der Waals surface area contributed by atoms with Gasteiger partial charge < -0.3 is 24.4 Å². The highest BCUT2D eigenvalue weighted by molar-refractivity contribution is 5.71. The summed E-state index contributed by atoms with van der Waals surface area (Å²) in [6, 6.07) is 16.4. The number of benzene rings is 2. The lowest BCUT2D eigenvalue weighted by molar-refractivity contribution is 0.0525. The van der Waals surface area contributed by atoms with Gasteiger partial charge in [0, 0.05) is 32.5 Å². The summed E-state index contributed by atoms with van der Waals surface area (Å²) >= 11 is 0. The first-order valence-electron chi connectivity index (χ1n) is 12.4. The number of carbonyl (C=O) groups excluding carboxylic acids is 2. The maximum atomic E-state index is 12.5. The molecule has 3 rings (SSSR count). The first-order valence-corrected chi connectivity index (χ1v) is 12.4. The van der Waals surface area contributed by atoms with Gasteiger partial charge in [-0.3, -0.25) is 0 Å². The first kappa shape index (κ1) is 25.4. The van der Waals surface area contributed by atoms with E-state index in [1.807, 2.05) is 30.3 Å². The lowest BCUT2D eigenvalue weighted by atomic mass is 10.1. The molecule has 1 aliphatic heterocycles. The van der Waals surface area contributed by atoms with Crippen molar-refractivity contribution in [2.75, 3.05) is 19.6 Å². The lowest BCUT2D eigenvalue weighted by Gasteiger charge is -2.30. The van der Waals surface area contributed by atoms with Crippen molar-refractivity contribution < 1.29 is 23.8 Å². The number of alkyl carbamates (subject to hydrolysis) is 1. The Morgan fingerprint density at radius 1 is 0.853 bits per heavy atom. The topological polar surface area (TPSA) is 77.1 Å². The van der Waals surface area contributed by atoms with Gasteiger partial charge in [-0.25, -0.2) is 9.59 Å². The molecule has 2 aromatic rings. The molecule has 1 N–H and O–H groups in total. The number of piperidine rings is 1. The molecular weight excluding hydrogens is 432 g/mol. The quantitative estimate of drug-likeness (QED) is 0.380. The molecule has 0 atom stereocenters. The number of carbonyl (C=O) groups is 2. The minimum absolute atomic E-state index is 0.178. The van der Waals surface area contributed by atoms with Crippen LogP contribution in [-0.4, -0.2) is 42.8 Å². The van der Waals surface area contributed by atoms with E-state index >= 15 is 0 Å². The smallest absolute Gasteiger partial charge is 0.415 e. The van der Waals surface area contributed by atoms with Gasteiger partial charge in [0.2, 0.25) is 0 Å². The summed E-state index contributed by atoms with van der Waals surface area (Å²) in [5.74, 6) is 1.87. The largest absolute Gasteiger partial charge is 0.457 e. The number of nitrogens with one attached hydrogen (secondary N) is 1. The summed E-state index contributed by atoms with van der Waals surface area (Å²) in [6.07, 6.45) is 7.34. The van der Waals surface area contributed by atoms with Crippen molar-refractivity contribution in [1.29, 1.82) is 0 Å². The molecule has 0 radical (unpaired) electrons. The van der Waals surface area contributed by atoms with Crippen LogP contribution in [0.3, 0.4) is 0 Å². The summed E-state index contributed by atoms with van der Waals surface area (Å²) in [5, 5.41) is 2.83. The summed E-state index contributed by atoms with van der Waals surface area (Å²) in [7, 11) is 0. The number of unbranched alkanes of at least 4 members (excludes halogenated alkanes) is 5. The zero-order valence-electron chi connectivity index (χ0n) is 20.0. The van der Waals surface area contributed by atoms with E-state index in [2.05, 4.69) is 12.2 Å². The van der Waals surface area contributed by atoms with Gasteiger partial charge in [0.15, 0.2) is 0 Å². The normalized spacial score (nSPS) is 13.9. The molecular formula is C27H36N2O5. The van der Waals surface area contributed by atoms with Crippen molar-refractivity contribution in [2.45, 2.75) is 64.4 Å². The second-order valence-corrected chi connectivity index (χ2v) is 8.54. The van der Waals surface area contributed by atoms with Gasteiger partial charge in [0.1, 0.15) is 23.4 Å². The summed E-state index contributed by atoms with van der Waals surface area (Å²) in [6.45, 7) is 3.82. The van der Waals surface area contributed by atoms with Gasteiger partial charge >= 0.3 is 12.2 Å². The van der Waals surface area contributed by atoms with E-state index in [9.17, 15) is 9.59 Å². The van der Waals surface area contributed by atoms with E-state index in [1.165, 1.54) is 25.7 Å². The van der Waals surface area contributed by atoms with E-state index in [0.717, 1.165) is 18.6 Å². The standard InChI is InChI=1S/C27H36N2O5/c1-2-3-4-5-6-10-19-28-26(30)33-25-17-20-29(21-18-25)27(31)34-24-15-13-23(14-16-24)32-22-11-8-7-9-12-22/h7-9,11-16,25H,2-6,10,17-21H2,1H3,(H,28,30). The van der Waals surface area contributed by atoms with Crippen molar-refractivity contribution in [3.63, 3.8) is 0 Å². The van der Waals surface area contributed by atoms with Crippen molar-refractivity contribution in [3.8, 4) is 17.2 Å². The molecule has 0 bridgehead atoms. The van der Waals surface area contributed by atoms with E-state index in [-0.39, 0.29) is 12.2 Å². The summed E-state index contributed by atoms with van der Waals surface area (Å²) in [4.78, 5) is 26.1. The van der Waals surface area contributed by atoms with Gasteiger partial charge in [-0.2, -0.15) is 0 Å². The summed E-state index contributed by atoms with van der Waals surface area (Å²) in [5.41, 5.74) is 0. The predicted octanol–water partition coefficient (Wildman–Crippen LogP) is 6.53. The molecule has 184 valence electrons. The van der Waals surface area contributed by atoms with Crippen molar-refractivity contribution in [3.05, 3.63) is 54.6 Å². The highest BCUT2D eigenvalue weighted by Gasteiger charge is 2.26. The Morgan fingerprint density at radius 3 is 2.18 bits per heavy atom. The third-order valence-electron chi connectivity index (χ3n) is 5.78. The zero-order valence-corrected chi connectivity index (χ0v) is 20.0. The van der Waals surface area contributed by atoms with Crippen LogP contribution in [0.15, 0.2) is 54.6 Å². The van der Waals surface area contributed by atoms with Gasteiger partial charge in [-0.05, 0) is 42.8 Å². The van der Waals surface area contributed by atoms with Crippen LogP contribution in [0.25, 0.3) is 0 Å². The van der Waals surface area contributed by atoms with Crippen LogP contribution in [0.4, 0.5) is 9.59 Å². The molecule has 1 saturated heterocycles. The van der Waals surface area contributed by atoms with E-state index in [4.69, 9.17) is 14.2 Å². The van der Waals surface area contributed by atoms with Gasteiger partial charge in [0.25, 0.3) is 0 Å². The molecule has 2 aromatic carbocycles. The number of para-hydroxylation sites is 1. The molecule has 0 spiro atoms. The number of ether oxygens (including phenoxy) is 3. The van der Waals surface area contributed by atoms with Crippen LogP contribution in [0.1, 0.15) is 58.3 Å². The minimum Gasteiger partial charge on any atom is -0.457 e. The fraction of sp³-hybridized carbons (Fsp3) is 0.481. The average Bonchev–Trinajstić information content (AvgIpc) is 2.86. The second kappa shape index (κ2) is 14.1. The van der Waals surface area contributed by atoms with E-state index in [1.54, 1.807) is 29.2 Å². The Hall–Kier alpha value is -3.22. The maximum absolute atomic E-state index is 12.5. The Morgan fingerprint density at radius 2 is 1.47 bits per heavy atom. The molecule has 0 aromatic heterocycles. The SMILES string of the molecule is CCCCCCCCNC(=O)OC1CCN(C(=O)Oc2ccc(Oc3ccccc3)cc2)CC1. The monoisotopic (exact) mass is 468 g/mol.